The summed E-state index contributed by atoms with van der Waals surface area (Å²) in [4.78, 5) is 11.4. The van der Waals surface area contributed by atoms with E-state index in [9.17, 15) is 4.79 Å². The zero-order valence-corrected chi connectivity index (χ0v) is 10.8. The van der Waals surface area contributed by atoms with Gasteiger partial charge >= 0.3 is 6.09 Å². The summed E-state index contributed by atoms with van der Waals surface area (Å²) in [5.74, 6) is 0. The molecule has 0 fully saturated rings. The largest absolute Gasteiger partial charge is 0.444 e. The number of ether oxygens (including phenoxy) is 1. The highest BCUT2D eigenvalue weighted by Crippen LogP contribution is 2.07. The van der Waals surface area contributed by atoms with Gasteiger partial charge in [-0.2, -0.15) is 5.26 Å². The Hall–Kier alpha value is -1.32. The minimum atomic E-state index is -0.565. The third-order valence-electron chi connectivity index (χ3n) is 1.86. The molecule has 2 unspecified atom stereocenters. The molecule has 2 atom stereocenters. The lowest BCUT2D eigenvalue weighted by atomic mass is 10.1. The second-order valence-electron chi connectivity index (χ2n) is 4.72. The van der Waals surface area contributed by atoms with Gasteiger partial charge in [-0.15, -0.1) is 0 Å². The lowest BCUT2D eigenvalue weighted by molar-refractivity contribution is 0.0503. The van der Waals surface area contributed by atoms with Gasteiger partial charge in [0.1, 0.15) is 11.6 Å². The third kappa shape index (κ3) is 7.55. The van der Waals surface area contributed by atoms with Crippen LogP contribution < -0.4 is 10.6 Å². The summed E-state index contributed by atoms with van der Waals surface area (Å²) in [5.41, 5.74) is -0.565. The highest BCUT2D eigenvalue weighted by atomic mass is 16.6. The Kier molecular flexibility index (Phi) is 6.54. The molecule has 0 radical (unpaired) electrons. The monoisotopic (exact) mass is 243 g/mol. The lowest BCUT2D eigenvalue weighted by Gasteiger charge is -2.24. The number of nitrogens with one attached hydrogen (secondary N) is 2. The van der Waals surface area contributed by atoms with Crippen molar-refractivity contribution in [2.75, 3.05) is 13.2 Å². The number of nitrogens with zero attached hydrogens (tertiary/aromatic N) is 1. The first kappa shape index (κ1) is 15.7. The van der Waals surface area contributed by atoms with E-state index in [1.54, 1.807) is 27.7 Å². The molecule has 0 spiro atoms. The molecule has 0 aliphatic rings. The Morgan fingerprint density at radius 3 is 2.53 bits per heavy atom. The molecule has 0 rings (SSSR count). The first-order chi connectivity index (χ1) is 7.80. The lowest BCUT2D eigenvalue weighted by Crippen LogP contribution is -2.49. The number of aliphatic hydroxyl groups excluding tert-OH is 1. The standard InChI is InChI=1S/C11H21N3O3/c1-8(9(7-12)13-5-6-15)14-10(16)17-11(2,3)4/h8-9,13,15H,5-6H2,1-4H3,(H,14,16). The number of amides is 1. The molecule has 0 aliphatic carbocycles. The van der Waals surface area contributed by atoms with Crippen LogP contribution in [0.15, 0.2) is 0 Å². The van der Waals surface area contributed by atoms with E-state index < -0.39 is 23.8 Å². The molecule has 6 nitrogen and oxygen atoms in total. The molecule has 0 bridgehead atoms. The van der Waals surface area contributed by atoms with Crippen LogP contribution in [-0.2, 0) is 4.74 Å². The molecule has 0 saturated heterocycles. The number of carbonyl (C=O) groups is 1. The summed E-state index contributed by atoms with van der Waals surface area (Å²) in [5, 5.41) is 22.9. The molecule has 98 valence electrons. The minimum Gasteiger partial charge on any atom is -0.444 e. The van der Waals surface area contributed by atoms with Crippen LogP contribution in [0.3, 0.4) is 0 Å². The second kappa shape index (κ2) is 7.09. The van der Waals surface area contributed by atoms with E-state index in [1.807, 2.05) is 6.07 Å². The number of hydrogen-bond donors (Lipinski definition) is 3. The van der Waals surface area contributed by atoms with Crippen LogP contribution in [0.1, 0.15) is 27.7 Å². The highest BCUT2D eigenvalue weighted by molar-refractivity contribution is 5.68. The van der Waals surface area contributed by atoms with E-state index in [0.29, 0.717) is 6.54 Å². The zero-order chi connectivity index (χ0) is 13.5. The van der Waals surface area contributed by atoms with Crippen molar-refractivity contribution in [3.05, 3.63) is 0 Å². The molecule has 6 heteroatoms. The van der Waals surface area contributed by atoms with E-state index in [2.05, 4.69) is 10.6 Å². The van der Waals surface area contributed by atoms with Crippen LogP contribution in [0, 0.1) is 11.3 Å². The predicted octanol–water partition coefficient (Wildman–Crippen LogP) is 0.374. The number of aliphatic hydroxyl groups is 1. The Bertz CT molecular complexity index is 281. The molecule has 0 aromatic carbocycles. The summed E-state index contributed by atoms with van der Waals surface area (Å²) < 4.78 is 5.07. The quantitative estimate of drug-likeness (QED) is 0.648. The Morgan fingerprint density at radius 1 is 1.53 bits per heavy atom. The number of carbonyl (C=O) groups excluding carboxylic acids is 1. The van der Waals surface area contributed by atoms with Gasteiger partial charge in [-0.1, -0.05) is 0 Å². The summed E-state index contributed by atoms with van der Waals surface area (Å²) in [7, 11) is 0. The summed E-state index contributed by atoms with van der Waals surface area (Å²) in [6.07, 6.45) is -0.559. The fourth-order valence-corrected chi connectivity index (χ4v) is 1.13. The molecular weight excluding hydrogens is 222 g/mol. The Balaban J connectivity index is 4.18. The molecule has 0 aliphatic heterocycles. The molecular formula is C11H21N3O3. The second-order valence-corrected chi connectivity index (χ2v) is 4.72. The van der Waals surface area contributed by atoms with E-state index >= 15 is 0 Å². The van der Waals surface area contributed by atoms with Crippen molar-refractivity contribution < 1.29 is 14.6 Å². The molecule has 0 heterocycles. The van der Waals surface area contributed by atoms with Crippen LogP contribution in [-0.4, -0.2) is 42.0 Å². The van der Waals surface area contributed by atoms with Gasteiger partial charge in [0.2, 0.25) is 0 Å². The Morgan fingerprint density at radius 2 is 2.12 bits per heavy atom. The summed E-state index contributed by atoms with van der Waals surface area (Å²) >= 11 is 0. The molecule has 17 heavy (non-hydrogen) atoms. The van der Waals surface area contributed by atoms with Gasteiger partial charge in [-0.05, 0) is 27.7 Å². The van der Waals surface area contributed by atoms with Gasteiger partial charge in [0.15, 0.2) is 0 Å². The summed E-state index contributed by atoms with van der Waals surface area (Å²) in [6.45, 7) is 7.24. The maximum Gasteiger partial charge on any atom is 0.407 e. The first-order valence-electron chi connectivity index (χ1n) is 5.53. The van der Waals surface area contributed by atoms with Gasteiger partial charge in [0.25, 0.3) is 0 Å². The van der Waals surface area contributed by atoms with Gasteiger partial charge in [0, 0.05) is 6.54 Å². The van der Waals surface area contributed by atoms with Crippen molar-refractivity contribution in [1.82, 2.24) is 10.6 Å². The van der Waals surface area contributed by atoms with Gasteiger partial charge in [0.05, 0.1) is 18.7 Å². The van der Waals surface area contributed by atoms with Crippen molar-refractivity contribution in [2.24, 2.45) is 0 Å². The molecule has 0 saturated carbocycles. The van der Waals surface area contributed by atoms with Gasteiger partial charge in [-0.3, -0.25) is 5.32 Å². The van der Waals surface area contributed by atoms with Gasteiger partial charge in [-0.25, -0.2) is 4.79 Å². The van der Waals surface area contributed by atoms with Crippen molar-refractivity contribution in [2.45, 2.75) is 45.4 Å². The maximum atomic E-state index is 11.4. The smallest absolute Gasteiger partial charge is 0.407 e. The zero-order valence-electron chi connectivity index (χ0n) is 10.8. The number of alkyl carbamates (subject to hydrolysis) is 1. The van der Waals surface area contributed by atoms with Crippen molar-refractivity contribution in [3.63, 3.8) is 0 Å². The average molecular weight is 243 g/mol. The molecule has 3 N–H and O–H groups in total. The van der Waals surface area contributed by atoms with Gasteiger partial charge < -0.3 is 15.2 Å². The van der Waals surface area contributed by atoms with Crippen LogP contribution in [0.4, 0.5) is 4.79 Å². The maximum absolute atomic E-state index is 11.4. The molecule has 0 aromatic heterocycles. The van der Waals surface area contributed by atoms with Crippen molar-refractivity contribution in [3.8, 4) is 6.07 Å². The van der Waals surface area contributed by atoms with Crippen molar-refractivity contribution >= 4 is 6.09 Å². The van der Waals surface area contributed by atoms with Crippen molar-refractivity contribution in [1.29, 1.82) is 5.26 Å². The number of rotatable bonds is 5. The summed E-state index contributed by atoms with van der Waals surface area (Å²) in [6, 6.07) is 1.05. The topological polar surface area (TPSA) is 94.4 Å². The SMILES string of the molecule is CC(NC(=O)OC(C)(C)C)C(C#N)NCCO. The highest BCUT2D eigenvalue weighted by Gasteiger charge is 2.21. The van der Waals surface area contributed by atoms with E-state index in [1.165, 1.54) is 0 Å². The van der Waals surface area contributed by atoms with Crippen LogP contribution in [0.25, 0.3) is 0 Å². The van der Waals surface area contributed by atoms with E-state index in [0.717, 1.165) is 0 Å². The third-order valence-corrected chi connectivity index (χ3v) is 1.86. The molecule has 0 aromatic rings. The normalized spacial score (nSPS) is 14.6. The predicted molar refractivity (Wildman–Crippen MR) is 63.3 cm³/mol. The van der Waals surface area contributed by atoms with E-state index in [-0.39, 0.29) is 6.61 Å². The van der Waals surface area contributed by atoms with E-state index in [4.69, 9.17) is 15.1 Å². The Labute approximate surface area is 102 Å². The van der Waals surface area contributed by atoms with Crippen LogP contribution >= 0.6 is 0 Å². The number of nitriles is 1. The average Bonchev–Trinajstić information content (AvgIpc) is 2.15. The number of hydrogen-bond acceptors (Lipinski definition) is 5. The first-order valence-corrected chi connectivity index (χ1v) is 5.53. The van der Waals surface area contributed by atoms with Crippen LogP contribution in [0.2, 0.25) is 0 Å². The minimum absolute atomic E-state index is 0.0582. The molecule has 1 amide bonds. The fourth-order valence-electron chi connectivity index (χ4n) is 1.13. The van der Waals surface area contributed by atoms with Crippen LogP contribution in [0.5, 0.6) is 0 Å². The fraction of sp³-hybridized carbons (Fsp3) is 0.818.